The number of hydrogen-bond donors (Lipinski definition) is 0. The summed E-state index contributed by atoms with van der Waals surface area (Å²) in [7, 11) is 7.78. The minimum absolute atomic E-state index is 0.0341. The number of carbonyl (C=O) groups excluding carboxylic acids is 2. The van der Waals surface area contributed by atoms with Crippen LogP contribution in [0.4, 0.5) is 0 Å². The minimum atomic E-state index is -0.262. The van der Waals surface area contributed by atoms with E-state index in [1.807, 2.05) is 18.2 Å². The van der Waals surface area contributed by atoms with Crippen LogP contribution >= 0.6 is 0 Å². The van der Waals surface area contributed by atoms with Crippen LogP contribution in [0.25, 0.3) is 0 Å². The topological polar surface area (TPSA) is 90.0 Å². The van der Waals surface area contributed by atoms with E-state index < -0.39 is 0 Å². The van der Waals surface area contributed by atoms with Crippen LogP contribution < -0.4 is 23.7 Å². The molecule has 0 N–H and O–H groups in total. The first-order valence-electron chi connectivity index (χ1n) is 20.2. The maximum atomic E-state index is 13.0. The van der Waals surface area contributed by atoms with Crippen molar-refractivity contribution in [2.45, 2.75) is 51.1 Å². The summed E-state index contributed by atoms with van der Waals surface area (Å²) in [6.07, 6.45) is 3.76. The quantitative estimate of drug-likeness (QED) is 0.119. The van der Waals surface area contributed by atoms with Gasteiger partial charge in [-0.15, -0.1) is 0 Å². The van der Waals surface area contributed by atoms with Crippen molar-refractivity contribution in [1.82, 2.24) is 14.7 Å². The molecule has 10 heteroatoms. The first-order chi connectivity index (χ1) is 28.2. The van der Waals surface area contributed by atoms with Crippen LogP contribution in [-0.4, -0.2) is 81.1 Å². The van der Waals surface area contributed by atoms with E-state index in [1.54, 1.807) is 38.5 Å². The van der Waals surface area contributed by atoms with Crippen molar-refractivity contribution in [2.24, 2.45) is 0 Å². The van der Waals surface area contributed by atoms with Gasteiger partial charge in [0.05, 0.1) is 32.0 Å². The van der Waals surface area contributed by atoms with Gasteiger partial charge in [0.1, 0.15) is 5.75 Å². The van der Waals surface area contributed by atoms with Gasteiger partial charge in [0.2, 0.25) is 0 Å². The van der Waals surface area contributed by atoms with Gasteiger partial charge < -0.3 is 23.7 Å². The number of carbonyl (C=O) groups is 2. The highest BCUT2D eigenvalue weighted by molar-refractivity contribution is 6.21. The number of methoxy groups -OCH3 is 2. The number of fused-ring (bicyclic) bond motifs is 3. The van der Waals surface area contributed by atoms with Crippen molar-refractivity contribution in [2.75, 3.05) is 54.6 Å². The molecule has 0 saturated carbocycles. The van der Waals surface area contributed by atoms with Gasteiger partial charge in [-0.3, -0.25) is 24.3 Å². The van der Waals surface area contributed by atoms with E-state index in [0.717, 1.165) is 60.5 Å². The van der Waals surface area contributed by atoms with Crippen molar-refractivity contribution in [3.8, 4) is 40.2 Å². The molecule has 5 aromatic carbocycles. The Balaban J connectivity index is 1.09. The van der Waals surface area contributed by atoms with Crippen molar-refractivity contribution in [3.63, 3.8) is 0 Å². The monoisotopic (exact) mass is 779 g/mol. The summed E-state index contributed by atoms with van der Waals surface area (Å²) < 4.78 is 32.3. The van der Waals surface area contributed by atoms with Crippen LogP contribution in [-0.2, 0) is 25.7 Å². The molecule has 5 aliphatic heterocycles. The first kappa shape index (κ1) is 37.7. The number of nitrogens with zero attached hydrogens (tertiary/aromatic N) is 3. The van der Waals surface area contributed by atoms with Gasteiger partial charge in [0.15, 0.2) is 34.5 Å². The number of hydrogen-bond acceptors (Lipinski definition) is 9. The minimum Gasteiger partial charge on any atom is -0.493 e. The maximum absolute atomic E-state index is 13.0. The average Bonchev–Trinajstić information content (AvgIpc) is 3.47. The number of likely N-dealkylation sites (N-methyl/N-ethyl adjacent to an activating group) is 2. The van der Waals surface area contributed by atoms with Crippen molar-refractivity contribution in [3.05, 3.63) is 135 Å². The highest BCUT2D eigenvalue weighted by Crippen LogP contribution is 2.50. The Bertz CT molecular complexity index is 2380. The number of ether oxygens (including phenoxy) is 5. The highest BCUT2D eigenvalue weighted by atomic mass is 16.5. The summed E-state index contributed by atoms with van der Waals surface area (Å²) in [6, 6.07) is 28.1. The number of rotatable bonds is 7. The van der Waals surface area contributed by atoms with Crippen molar-refractivity contribution in [1.29, 1.82) is 0 Å². The van der Waals surface area contributed by atoms with E-state index in [-0.39, 0.29) is 30.4 Å². The molecule has 0 saturated heterocycles. The van der Waals surface area contributed by atoms with Crippen LogP contribution in [0.1, 0.15) is 78.2 Å². The summed E-state index contributed by atoms with van der Waals surface area (Å²) >= 11 is 0. The van der Waals surface area contributed by atoms with Crippen LogP contribution in [0.5, 0.6) is 40.2 Å². The van der Waals surface area contributed by atoms with Gasteiger partial charge in [0, 0.05) is 37.3 Å². The van der Waals surface area contributed by atoms with E-state index in [2.05, 4.69) is 73.3 Å². The Hall–Kier alpha value is -5.84. The molecule has 6 bridgehead atoms. The molecule has 5 aliphatic rings. The summed E-state index contributed by atoms with van der Waals surface area (Å²) in [4.78, 5) is 32.0. The fourth-order valence-corrected chi connectivity index (χ4v) is 9.15. The Kier molecular flexibility index (Phi) is 10.1. The lowest BCUT2D eigenvalue weighted by molar-refractivity contribution is 0.0646. The van der Waals surface area contributed by atoms with Crippen molar-refractivity contribution < 1.29 is 33.3 Å². The lowest BCUT2D eigenvalue weighted by Crippen LogP contribution is -2.34. The lowest BCUT2D eigenvalue weighted by atomic mass is 9.86. The molecule has 10 nitrogen and oxygen atoms in total. The smallest absolute Gasteiger partial charge is 0.261 e. The Morgan fingerprint density at radius 2 is 1.38 bits per heavy atom. The molecule has 0 aliphatic carbocycles. The predicted molar refractivity (Wildman–Crippen MR) is 221 cm³/mol. The highest BCUT2D eigenvalue weighted by Gasteiger charge is 2.36. The van der Waals surface area contributed by atoms with Crippen molar-refractivity contribution >= 4 is 11.8 Å². The number of benzene rings is 5. The summed E-state index contributed by atoms with van der Waals surface area (Å²) in [6.45, 7) is 4.47. The zero-order valence-electron chi connectivity index (χ0n) is 33.8. The maximum Gasteiger partial charge on any atom is 0.261 e. The van der Waals surface area contributed by atoms with E-state index in [4.69, 9.17) is 23.7 Å². The van der Waals surface area contributed by atoms with E-state index in [9.17, 15) is 9.59 Å². The third kappa shape index (κ3) is 6.84. The van der Waals surface area contributed by atoms with Crippen LogP contribution in [0, 0.1) is 6.92 Å². The second-order valence-corrected chi connectivity index (χ2v) is 15.9. The summed E-state index contributed by atoms with van der Waals surface area (Å²) in [5.74, 6) is 4.19. The van der Waals surface area contributed by atoms with E-state index in [0.29, 0.717) is 59.3 Å². The Morgan fingerprint density at radius 1 is 0.707 bits per heavy atom. The van der Waals surface area contributed by atoms with Gasteiger partial charge in [-0.1, -0.05) is 36.4 Å². The van der Waals surface area contributed by atoms with Gasteiger partial charge >= 0.3 is 0 Å². The molecule has 0 spiro atoms. The molecular formula is C48H49N3O7. The molecule has 0 unspecified atom stereocenters. The zero-order chi connectivity index (χ0) is 40.1. The second kappa shape index (κ2) is 15.5. The Morgan fingerprint density at radius 3 is 2.10 bits per heavy atom. The SMILES string of the molecule is COc1cc2c3cc1Oc1c(OC)c(C)cc4c1[C@@H](Cc1ccc(OCCCN5C(=O)c6ccccc6C5=O)c(c1)Oc1ccc(cc1)C[C@@H]3N(C)CC2)N(C)CC4. The van der Waals surface area contributed by atoms with Gasteiger partial charge in [-0.25, -0.2) is 0 Å². The molecule has 298 valence electrons. The molecule has 0 fully saturated rings. The predicted octanol–water partition coefficient (Wildman–Crippen LogP) is 8.52. The normalized spacial score (nSPS) is 18.7. The fourth-order valence-electron chi connectivity index (χ4n) is 9.15. The number of imide groups is 1. The molecule has 2 atom stereocenters. The molecule has 0 aromatic heterocycles. The molecule has 5 heterocycles. The first-order valence-corrected chi connectivity index (χ1v) is 20.2. The molecule has 10 rings (SSSR count). The average molecular weight is 780 g/mol. The Labute approximate surface area is 339 Å². The lowest BCUT2D eigenvalue weighted by Gasteiger charge is -2.37. The van der Waals surface area contributed by atoms with E-state index in [1.165, 1.54) is 27.2 Å². The van der Waals surface area contributed by atoms with Crippen LogP contribution in [0.2, 0.25) is 0 Å². The van der Waals surface area contributed by atoms with Gasteiger partial charge in [-0.2, -0.15) is 0 Å². The third-order valence-corrected chi connectivity index (χ3v) is 12.3. The zero-order valence-corrected chi connectivity index (χ0v) is 33.8. The summed E-state index contributed by atoms with van der Waals surface area (Å²) in [5.41, 5.74) is 9.04. The van der Waals surface area contributed by atoms with Gasteiger partial charge in [0.25, 0.3) is 11.8 Å². The molecule has 58 heavy (non-hydrogen) atoms. The van der Waals surface area contributed by atoms with Crippen LogP contribution in [0.3, 0.4) is 0 Å². The van der Waals surface area contributed by atoms with E-state index >= 15 is 0 Å². The third-order valence-electron chi connectivity index (χ3n) is 12.3. The molecule has 5 aromatic rings. The molecule has 2 amide bonds. The second-order valence-electron chi connectivity index (χ2n) is 15.9. The van der Waals surface area contributed by atoms with Gasteiger partial charge in [-0.05, 0) is 135 Å². The standard InChI is InChI=1S/C48H49N3O7/c1-29-23-33-18-21-50(3)39-25-31-13-16-40(56-22-8-19-51-47(52)35-9-6-7-10-36(35)48(51)53)42(26-31)57-34-14-11-30(12-15-34)24-38-37-28-43(58-46(44(33)39)45(29)55-5)41(54-4)27-32(37)17-20-49(38)2/h6-7,9-16,23,26-28,38-39H,8,17-22,24-25H2,1-5H3/t38-,39+/m0/s1. The fraction of sp³-hybridized carbons (Fsp3) is 0.333. The summed E-state index contributed by atoms with van der Waals surface area (Å²) in [5, 5.41) is 0. The number of amides is 2. The molecule has 0 radical (unpaired) electrons. The molecular weight excluding hydrogens is 731 g/mol. The van der Waals surface area contributed by atoms with Crippen LogP contribution in [0.15, 0.2) is 84.9 Å². The number of aryl methyl sites for hydroxylation is 1. The largest absolute Gasteiger partial charge is 0.493 e.